The molecule has 2 rings (SSSR count). The number of nitrogens with one attached hydrogen (secondary N) is 1. The first-order valence-electron chi connectivity index (χ1n) is 5.75. The van der Waals surface area contributed by atoms with Gasteiger partial charge < -0.3 is 10.2 Å². The molecule has 0 bridgehead atoms. The summed E-state index contributed by atoms with van der Waals surface area (Å²) in [6, 6.07) is 8.27. The van der Waals surface area contributed by atoms with Crippen LogP contribution in [0.25, 0.3) is 0 Å². The van der Waals surface area contributed by atoms with Gasteiger partial charge in [0.1, 0.15) is 6.04 Å². The van der Waals surface area contributed by atoms with E-state index in [0.717, 1.165) is 0 Å². The van der Waals surface area contributed by atoms with Crippen LogP contribution >= 0.6 is 0 Å². The average molecular weight is 246 g/mol. The van der Waals surface area contributed by atoms with Gasteiger partial charge in [-0.2, -0.15) is 0 Å². The maximum atomic E-state index is 11.9. The van der Waals surface area contributed by atoms with Gasteiger partial charge in [-0.15, -0.1) is 0 Å². The van der Waals surface area contributed by atoms with Crippen molar-refractivity contribution in [3.05, 3.63) is 35.9 Å². The second-order valence-electron chi connectivity index (χ2n) is 4.16. The summed E-state index contributed by atoms with van der Waals surface area (Å²) in [7, 11) is 0. The highest BCUT2D eigenvalue weighted by Gasteiger charge is 2.35. The van der Waals surface area contributed by atoms with Gasteiger partial charge in [-0.1, -0.05) is 30.3 Å². The Morgan fingerprint density at radius 1 is 1.28 bits per heavy atom. The molecule has 2 amide bonds. The van der Waals surface area contributed by atoms with Crippen LogP contribution in [-0.4, -0.2) is 35.6 Å². The predicted molar refractivity (Wildman–Crippen MR) is 64.6 cm³/mol. The van der Waals surface area contributed by atoms with Crippen molar-refractivity contribution in [2.45, 2.75) is 13.0 Å². The van der Waals surface area contributed by atoms with Gasteiger partial charge >= 0.3 is 0 Å². The van der Waals surface area contributed by atoms with Crippen molar-refractivity contribution >= 4 is 17.6 Å². The molecule has 1 aromatic rings. The van der Waals surface area contributed by atoms with E-state index < -0.39 is 17.7 Å². The fourth-order valence-corrected chi connectivity index (χ4v) is 2.05. The standard InChI is InChI=1S/C13H14N2O3/c1-9(16)13(18)15-8-7-14-12(17)11(15)10-5-3-2-4-6-10/h2-6,11H,7-8H2,1H3,(H,14,17). The van der Waals surface area contributed by atoms with E-state index in [1.54, 1.807) is 24.3 Å². The smallest absolute Gasteiger partial charge is 0.290 e. The molecule has 0 aromatic heterocycles. The second kappa shape index (κ2) is 5.00. The molecule has 1 aromatic carbocycles. The number of rotatable bonds is 2. The third kappa shape index (κ3) is 2.25. The summed E-state index contributed by atoms with van der Waals surface area (Å²) in [6.07, 6.45) is 0. The fourth-order valence-electron chi connectivity index (χ4n) is 2.05. The van der Waals surface area contributed by atoms with Gasteiger partial charge in [-0.3, -0.25) is 14.4 Å². The topological polar surface area (TPSA) is 66.5 Å². The number of amides is 2. The van der Waals surface area contributed by atoms with Gasteiger partial charge in [0.05, 0.1) is 0 Å². The number of piperazine rings is 1. The number of carbonyl (C=O) groups excluding carboxylic acids is 3. The Kier molecular flexibility index (Phi) is 3.41. The molecule has 1 saturated heterocycles. The normalized spacial score (nSPS) is 19.3. The first-order valence-corrected chi connectivity index (χ1v) is 5.75. The first-order chi connectivity index (χ1) is 8.61. The van der Waals surface area contributed by atoms with E-state index in [9.17, 15) is 14.4 Å². The number of hydrogen-bond donors (Lipinski definition) is 1. The van der Waals surface area contributed by atoms with Crippen LogP contribution in [0.5, 0.6) is 0 Å². The van der Waals surface area contributed by atoms with Crippen molar-refractivity contribution < 1.29 is 14.4 Å². The van der Waals surface area contributed by atoms with Gasteiger partial charge in [0.2, 0.25) is 11.7 Å². The summed E-state index contributed by atoms with van der Waals surface area (Å²) in [5.74, 6) is -1.41. The summed E-state index contributed by atoms with van der Waals surface area (Å²) in [5, 5.41) is 2.71. The molecule has 0 spiro atoms. The minimum absolute atomic E-state index is 0.248. The summed E-state index contributed by atoms with van der Waals surface area (Å²) in [5.41, 5.74) is 0.712. The van der Waals surface area contributed by atoms with E-state index in [-0.39, 0.29) is 5.91 Å². The number of ketones is 1. The Labute approximate surface area is 105 Å². The quantitative estimate of drug-likeness (QED) is 0.762. The zero-order valence-corrected chi connectivity index (χ0v) is 10.1. The molecular formula is C13H14N2O3. The summed E-state index contributed by atoms with van der Waals surface area (Å²) in [4.78, 5) is 36.3. The van der Waals surface area contributed by atoms with Crippen LogP contribution in [0.1, 0.15) is 18.5 Å². The highest BCUT2D eigenvalue weighted by molar-refractivity contribution is 6.35. The number of nitrogens with zero attached hydrogens (tertiary/aromatic N) is 1. The van der Waals surface area contributed by atoms with E-state index in [0.29, 0.717) is 18.7 Å². The highest BCUT2D eigenvalue weighted by Crippen LogP contribution is 2.23. The monoisotopic (exact) mass is 246 g/mol. The third-order valence-electron chi connectivity index (χ3n) is 2.89. The first kappa shape index (κ1) is 12.3. The van der Waals surface area contributed by atoms with Crippen molar-refractivity contribution in [1.29, 1.82) is 0 Å². The van der Waals surface area contributed by atoms with Crippen LogP contribution in [0.2, 0.25) is 0 Å². The van der Waals surface area contributed by atoms with Gasteiger partial charge in [0.25, 0.3) is 5.91 Å². The van der Waals surface area contributed by atoms with Crippen LogP contribution in [0.15, 0.2) is 30.3 Å². The molecule has 0 saturated carbocycles. The van der Waals surface area contributed by atoms with Crippen molar-refractivity contribution in [3.63, 3.8) is 0 Å². The SMILES string of the molecule is CC(=O)C(=O)N1CCNC(=O)C1c1ccccc1. The van der Waals surface area contributed by atoms with Crippen molar-refractivity contribution in [2.24, 2.45) is 0 Å². The molecular weight excluding hydrogens is 232 g/mol. The lowest BCUT2D eigenvalue weighted by molar-refractivity contribution is -0.149. The van der Waals surface area contributed by atoms with E-state index >= 15 is 0 Å². The molecule has 5 nitrogen and oxygen atoms in total. The molecule has 1 unspecified atom stereocenters. The Balaban J connectivity index is 2.35. The molecule has 1 aliphatic rings. The van der Waals surface area contributed by atoms with Crippen LogP contribution in [-0.2, 0) is 14.4 Å². The van der Waals surface area contributed by atoms with E-state index in [4.69, 9.17) is 0 Å². The molecule has 1 fully saturated rings. The molecule has 18 heavy (non-hydrogen) atoms. The van der Waals surface area contributed by atoms with E-state index in [1.165, 1.54) is 11.8 Å². The lowest BCUT2D eigenvalue weighted by Gasteiger charge is -2.34. The molecule has 5 heteroatoms. The predicted octanol–water partition coefficient (Wildman–Crippen LogP) is 0.275. The number of benzene rings is 1. The minimum Gasteiger partial charge on any atom is -0.352 e. The largest absolute Gasteiger partial charge is 0.352 e. The average Bonchev–Trinajstić information content (AvgIpc) is 2.38. The lowest BCUT2D eigenvalue weighted by atomic mass is 10.0. The number of Topliss-reactive ketones (excluding diaryl/α,β-unsaturated/α-hetero) is 1. The van der Waals surface area contributed by atoms with Gasteiger partial charge in [0, 0.05) is 20.0 Å². The zero-order valence-electron chi connectivity index (χ0n) is 10.1. The summed E-state index contributed by atoms with van der Waals surface area (Å²) < 4.78 is 0. The number of carbonyl (C=O) groups is 3. The van der Waals surface area contributed by atoms with Crippen molar-refractivity contribution in [3.8, 4) is 0 Å². The fraction of sp³-hybridized carbons (Fsp3) is 0.308. The van der Waals surface area contributed by atoms with Crippen molar-refractivity contribution in [1.82, 2.24) is 10.2 Å². The molecule has 0 aliphatic carbocycles. The van der Waals surface area contributed by atoms with Gasteiger partial charge in [-0.25, -0.2) is 0 Å². The maximum Gasteiger partial charge on any atom is 0.290 e. The molecule has 94 valence electrons. The third-order valence-corrected chi connectivity index (χ3v) is 2.89. The Morgan fingerprint density at radius 2 is 1.94 bits per heavy atom. The van der Waals surface area contributed by atoms with Gasteiger partial charge in [-0.05, 0) is 5.56 Å². The van der Waals surface area contributed by atoms with E-state index in [2.05, 4.69) is 5.32 Å². The Bertz CT molecular complexity index is 484. The van der Waals surface area contributed by atoms with Crippen molar-refractivity contribution in [2.75, 3.05) is 13.1 Å². The van der Waals surface area contributed by atoms with Crippen LogP contribution in [0.3, 0.4) is 0 Å². The van der Waals surface area contributed by atoms with Crippen LogP contribution < -0.4 is 5.32 Å². The van der Waals surface area contributed by atoms with Gasteiger partial charge in [0.15, 0.2) is 0 Å². The molecule has 1 atom stereocenters. The molecule has 1 N–H and O–H groups in total. The van der Waals surface area contributed by atoms with Crippen LogP contribution in [0.4, 0.5) is 0 Å². The number of hydrogen-bond acceptors (Lipinski definition) is 3. The summed E-state index contributed by atoms with van der Waals surface area (Å²) in [6.45, 7) is 1.95. The Morgan fingerprint density at radius 3 is 2.56 bits per heavy atom. The van der Waals surface area contributed by atoms with E-state index in [1.807, 2.05) is 6.07 Å². The minimum atomic E-state index is -0.712. The Hall–Kier alpha value is -2.17. The highest BCUT2D eigenvalue weighted by atomic mass is 16.2. The zero-order chi connectivity index (χ0) is 13.1. The second-order valence-corrected chi connectivity index (χ2v) is 4.16. The summed E-state index contributed by atoms with van der Waals surface area (Å²) >= 11 is 0. The lowest BCUT2D eigenvalue weighted by Crippen LogP contribution is -2.53. The maximum absolute atomic E-state index is 11.9. The molecule has 1 aliphatic heterocycles. The molecule has 1 heterocycles. The van der Waals surface area contributed by atoms with Crippen LogP contribution in [0, 0.1) is 0 Å². The molecule has 0 radical (unpaired) electrons.